The first kappa shape index (κ1) is 12.4. The fraction of sp³-hybridized carbons (Fsp3) is 1.00. The molecule has 0 saturated carbocycles. The molecule has 1 atom stereocenters. The largest absolute Gasteiger partial charge is 0.458 e. The van der Waals surface area contributed by atoms with Crippen LogP contribution in [0.15, 0.2) is 0 Å². The summed E-state index contributed by atoms with van der Waals surface area (Å²) in [6.45, 7) is 11.5. The first-order chi connectivity index (χ1) is 5.64. The van der Waals surface area contributed by atoms with Crippen molar-refractivity contribution in [2.75, 3.05) is 0 Å². The Balaban J connectivity index is 4.09. The van der Waals surface area contributed by atoms with Crippen LogP contribution in [0.5, 0.6) is 0 Å². The van der Waals surface area contributed by atoms with Crippen LogP contribution < -0.4 is 0 Å². The molecule has 0 aliphatic carbocycles. The molecular formula is C9H24OSi2. The molecule has 0 rings (SSSR count). The number of hydrogen-bond donors (Lipinski definition) is 0. The lowest BCUT2D eigenvalue weighted by Gasteiger charge is -2.31. The zero-order valence-corrected chi connectivity index (χ0v) is 11.5. The molecular weight excluding hydrogens is 180 g/mol. The van der Waals surface area contributed by atoms with Crippen LogP contribution in [0.1, 0.15) is 27.7 Å². The van der Waals surface area contributed by atoms with E-state index in [1.165, 1.54) is 24.2 Å². The topological polar surface area (TPSA) is 9.23 Å². The van der Waals surface area contributed by atoms with E-state index in [0.29, 0.717) is 0 Å². The zero-order chi connectivity index (χ0) is 9.61. The highest BCUT2D eigenvalue weighted by atomic mass is 28.4. The van der Waals surface area contributed by atoms with Crippen molar-refractivity contribution in [3.05, 3.63) is 0 Å². The molecule has 0 aromatic rings. The molecule has 0 heterocycles. The van der Waals surface area contributed by atoms with E-state index in [1.807, 2.05) is 0 Å². The van der Waals surface area contributed by atoms with Gasteiger partial charge in [-0.25, -0.2) is 0 Å². The molecule has 0 N–H and O–H groups in total. The molecule has 0 fully saturated rings. The maximum Gasteiger partial charge on any atom is 0.178 e. The summed E-state index contributed by atoms with van der Waals surface area (Å²) in [5.74, 6) is 0. The number of rotatable bonds is 6. The molecule has 0 bridgehead atoms. The summed E-state index contributed by atoms with van der Waals surface area (Å²) in [7, 11) is -2.04. The van der Waals surface area contributed by atoms with Gasteiger partial charge in [-0.05, 0) is 30.7 Å². The molecule has 12 heavy (non-hydrogen) atoms. The van der Waals surface area contributed by atoms with E-state index in [4.69, 9.17) is 4.12 Å². The van der Waals surface area contributed by atoms with Crippen LogP contribution in [0, 0.1) is 0 Å². The van der Waals surface area contributed by atoms with Gasteiger partial charge in [0, 0.05) is 0 Å². The second-order valence-electron chi connectivity index (χ2n) is 3.58. The van der Waals surface area contributed by atoms with Crippen LogP contribution in [0.2, 0.25) is 30.7 Å². The highest BCUT2D eigenvalue weighted by molar-refractivity contribution is 6.79. The van der Waals surface area contributed by atoms with Gasteiger partial charge in [-0.15, -0.1) is 0 Å². The van der Waals surface area contributed by atoms with Gasteiger partial charge >= 0.3 is 0 Å². The van der Waals surface area contributed by atoms with Crippen LogP contribution in [0.25, 0.3) is 0 Å². The third kappa shape index (κ3) is 3.41. The first-order valence-electron chi connectivity index (χ1n) is 5.31. The average molecular weight is 204 g/mol. The van der Waals surface area contributed by atoms with E-state index in [0.717, 1.165) is 0 Å². The van der Waals surface area contributed by atoms with Crippen LogP contribution >= 0.6 is 0 Å². The summed E-state index contributed by atoms with van der Waals surface area (Å²) >= 11 is 0. The molecule has 1 nitrogen and oxygen atoms in total. The third-order valence-corrected chi connectivity index (χ3v) is 11.6. The van der Waals surface area contributed by atoms with Gasteiger partial charge in [0.15, 0.2) is 17.4 Å². The van der Waals surface area contributed by atoms with Gasteiger partial charge in [0.2, 0.25) is 0 Å². The fourth-order valence-electron chi connectivity index (χ4n) is 1.51. The fourth-order valence-corrected chi connectivity index (χ4v) is 9.09. The summed E-state index contributed by atoms with van der Waals surface area (Å²) in [5, 5.41) is 0. The predicted octanol–water partition coefficient (Wildman–Crippen LogP) is 3.38. The maximum atomic E-state index is 6.31. The number of hydrogen-bond acceptors (Lipinski definition) is 1. The van der Waals surface area contributed by atoms with Gasteiger partial charge in [0.1, 0.15) is 0 Å². The van der Waals surface area contributed by atoms with Gasteiger partial charge < -0.3 is 4.12 Å². The molecule has 0 amide bonds. The smallest absolute Gasteiger partial charge is 0.178 e. The Bertz CT molecular complexity index is 105. The van der Waals surface area contributed by atoms with Crippen LogP contribution in [0.3, 0.4) is 0 Å². The minimum Gasteiger partial charge on any atom is -0.458 e. The highest BCUT2D eigenvalue weighted by Gasteiger charge is 2.29. The van der Waals surface area contributed by atoms with E-state index in [-0.39, 0.29) is 0 Å². The molecule has 0 spiro atoms. The molecule has 0 aliphatic heterocycles. The van der Waals surface area contributed by atoms with Crippen molar-refractivity contribution in [1.82, 2.24) is 0 Å². The Labute approximate surface area is 80.4 Å². The van der Waals surface area contributed by atoms with Crippen molar-refractivity contribution >= 4 is 17.4 Å². The molecule has 0 aliphatic rings. The Hall–Kier alpha value is 0.394. The minimum absolute atomic E-state index is 0.798. The summed E-state index contributed by atoms with van der Waals surface area (Å²) < 4.78 is 6.31. The van der Waals surface area contributed by atoms with Crippen LogP contribution in [0.4, 0.5) is 0 Å². The van der Waals surface area contributed by atoms with Crippen molar-refractivity contribution in [3.8, 4) is 0 Å². The van der Waals surface area contributed by atoms with E-state index < -0.39 is 17.4 Å². The molecule has 0 aromatic carbocycles. The van der Waals surface area contributed by atoms with Crippen molar-refractivity contribution in [1.29, 1.82) is 0 Å². The van der Waals surface area contributed by atoms with Gasteiger partial charge in [0.05, 0.1) is 0 Å². The van der Waals surface area contributed by atoms with Crippen LogP contribution in [-0.4, -0.2) is 17.4 Å². The molecule has 3 heteroatoms. The summed E-state index contributed by atoms with van der Waals surface area (Å²) in [5.41, 5.74) is 0. The van der Waals surface area contributed by atoms with Gasteiger partial charge in [-0.3, -0.25) is 0 Å². The lowest BCUT2D eigenvalue weighted by atomic mass is 10.9. The second-order valence-corrected chi connectivity index (χ2v) is 11.4. The maximum absolute atomic E-state index is 6.31. The van der Waals surface area contributed by atoms with E-state index in [2.05, 4.69) is 34.2 Å². The molecule has 74 valence electrons. The lowest BCUT2D eigenvalue weighted by molar-refractivity contribution is 0.547. The SMILES string of the molecule is CC[SiH](C)O[Si](CC)(CC)CC. The van der Waals surface area contributed by atoms with E-state index in [9.17, 15) is 0 Å². The Kier molecular flexibility index (Phi) is 6.14. The Morgan fingerprint density at radius 3 is 1.67 bits per heavy atom. The normalized spacial score (nSPS) is 14.8. The standard InChI is InChI=1S/C9H24OSi2/c1-6-11(5)10-12(7-2,8-3)9-4/h11H,6-9H2,1-5H3. The van der Waals surface area contributed by atoms with Crippen molar-refractivity contribution in [2.24, 2.45) is 0 Å². The second kappa shape index (κ2) is 5.94. The molecule has 0 saturated heterocycles. The van der Waals surface area contributed by atoms with Crippen molar-refractivity contribution in [3.63, 3.8) is 0 Å². The van der Waals surface area contributed by atoms with Crippen molar-refractivity contribution < 1.29 is 4.12 Å². The summed E-state index contributed by atoms with van der Waals surface area (Å²) in [6.07, 6.45) is 0. The highest BCUT2D eigenvalue weighted by Crippen LogP contribution is 2.22. The zero-order valence-electron chi connectivity index (χ0n) is 9.31. The third-order valence-electron chi connectivity index (χ3n) is 2.96. The van der Waals surface area contributed by atoms with Gasteiger partial charge in [0.25, 0.3) is 0 Å². The van der Waals surface area contributed by atoms with E-state index in [1.54, 1.807) is 0 Å². The predicted molar refractivity (Wildman–Crippen MR) is 61.8 cm³/mol. The Morgan fingerprint density at radius 1 is 1.00 bits per heavy atom. The lowest BCUT2D eigenvalue weighted by Crippen LogP contribution is -2.40. The van der Waals surface area contributed by atoms with Crippen LogP contribution in [-0.2, 0) is 4.12 Å². The molecule has 0 aromatic heterocycles. The summed E-state index contributed by atoms with van der Waals surface area (Å²) in [4.78, 5) is 0. The van der Waals surface area contributed by atoms with Crippen molar-refractivity contribution in [2.45, 2.75) is 58.4 Å². The summed E-state index contributed by atoms with van der Waals surface area (Å²) in [6, 6.07) is 5.20. The Morgan fingerprint density at radius 2 is 1.42 bits per heavy atom. The first-order valence-corrected chi connectivity index (χ1v) is 10.3. The van der Waals surface area contributed by atoms with Gasteiger partial charge in [-0.2, -0.15) is 0 Å². The quantitative estimate of drug-likeness (QED) is 0.603. The molecule has 0 radical (unpaired) electrons. The molecule has 1 unspecified atom stereocenters. The van der Waals surface area contributed by atoms with Gasteiger partial charge in [-0.1, -0.05) is 27.7 Å². The van der Waals surface area contributed by atoms with E-state index >= 15 is 0 Å². The minimum atomic E-state index is -1.24. The monoisotopic (exact) mass is 204 g/mol. The average Bonchev–Trinajstić information content (AvgIpc) is 2.14.